The van der Waals surface area contributed by atoms with E-state index in [2.05, 4.69) is 26.8 Å². The van der Waals surface area contributed by atoms with Crippen LogP contribution in [-0.2, 0) is 4.79 Å². The van der Waals surface area contributed by atoms with E-state index in [0.29, 0.717) is 17.3 Å². The Kier molecular flexibility index (Phi) is 3.89. The molecule has 0 aromatic rings. The monoisotopic (exact) mass is 330 g/mol. The molecule has 134 valence electrons. The van der Waals surface area contributed by atoms with Crippen LogP contribution in [0.5, 0.6) is 0 Å². The van der Waals surface area contributed by atoms with Crippen molar-refractivity contribution in [2.24, 2.45) is 40.4 Å². The molecule has 3 fully saturated rings. The van der Waals surface area contributed by atoms with Gasteiger partial charge in [-0.2, -0.15) is 0 Å². The quantitative estimate of drug-likeness (QED) is 0.662. The second-order valence-corrected chi connectivity index (χ2v) is 9.71. The van der Waals surface area contributed by atoms with Gasteiger partial charge in [0.05, 0.1) is 5.92 Å². The minimum atomic E-state index is -0.537. The third kappa shape index (κ3) is 2.10. The van der Waals surface area contributed by atoms with Crippen LogP contribution in [0.15, 0.2) is 11.6 Å². The van der Waals surface area contributed by atoms with Gasteiger partial charge in [0.15, 0.2) is 0 Å². The van der Waals surface area contributed by atoms with Gasteiger partial charge in [-0.3, -0.25) is 4.79 Å². The van der Waals surface area contributed by atoms with Crippen LogP contribution in [0.1, 0.15) is 78.6 Å². The Morgan fingerprint density at radius 2 is 2.04 bits per heavy atom. The van der Waals surface area contributed by atoms with Gasteiger partial charge in [-0.25, -0.2) is 0 Å². The first-order valence-electron chi connectivity index (χ1n) is 10.3. The molecule has 4 rings (SSSR count). The summed E-state index contributed by atoms with van der Waals surface area (Å²) in [5.41, 5.74) is 2.43. The van der Waals surface area contributed by atoms with Crippen molar-refractivity contribution in [1.82, 2.24) is 0 Å². The number of carbonyl (C=O) groups is 1. The zero-order valence-electron chi connectivity index (χ0n) is 15.7. The summed E-state index contributed by atoms with van der Waals surface area (Å²) >= 11 is 0. The third-order valence-electron chi connectivity index (χ3n) is 9.05. The second kappa shape index (κ2) is 5.61. The molecule has 1 N–H and O–H groups in total. The highest BCUT2D eigenvalue weighted by Gasteiger charge is 2.61. The van der Waals surface area contributed by atoms with Crippen LogP contribution in [0, 0.1) is 40.4 Å². The number of hydrogen-bond acceptors (Lipinski definition) is 1. The molecule has 4 aliphatic carbocycles. The van der Waals surface area contributed by atoms with E-state index < -0.39 is 5.97 Å². The summed E-state index contributed by atoms with van der Waals surface area (Å²) in [7, 11) is 0. The second-order valence-electron chi connectivity index (χ2n) is 9.71. The first-order chi connectivity index (χ1) is 11.4. The summed E-state index contributed by atoms with van der Waals surface area (Å²) in [6, 6.07) is 0. The summed E-state index contributed by atoms with van der Waals surface area (Å²) in [5, 5.41) is 9.80. The van der Waals surface area contributed by atoms with Gasteiger partial charge in [-0.15, -0.1) is 0 Å². The first-order valence-corrected chi connectivity index (χ1v) is 10.3. The van der Waals surface area contributed by atoms with Gasteiger partial charge in [0.2, 0.25) is 0 Å². The van der Waals surface area contributed by atoms with E-state index in [-0.39, 0.29) is 11.3 Å². The molecule has 0 saturated heterocycles. The SMILES string of the molecule is CC[C@H]1[C@H](C(=O)O)C[C@H]2[C@@H]3CC=C4CCCC[C@]4(C)[C@H]3CC[C@@]21C. The number of fused-ring (bicyclic) bond motifs is 5. The zero-order chi connectivity index (χ0) is 17.1. The smallest absolute Gasteiger partial charge is 0.306 e. The molecule has 0 aromatic heterocycles. The van der Waals surface area contributed by atoms with Crippen molar-refractivity contribution in [3.8, 4) is 0 Å². The Morgan fingerprint density at radius 1 is 1.25 bits per heavy atom. The zero-order valence-corrected chi connectivity index (χ0v) is 15.7. The van der Waals surface area contributed by atoms with Gasteiger partial charge >= 0.3 is 5.97 Å². The van der Waals surface area contributed by atoms with E-state index in [4.69, 9.17) is 0 Å². The largest absolute Gasteiger partial charge is 0.481 e. The van der Waals surface area contributed by atoms with Crippen LogP contribution in [0.3, 0.4) is 0 Å². The van der Waals surface area contributed by atoms with Gasteiger partial charge in [-0.1, -0.05) is 45.3 Å². The number of hydrogen-bond donors (Lipinski definition) is 1. The number of allylic oxidation sites excluding steroid dienone is 2. The minimum Gasteiger partial charge on any atom is -0.481 e. The van der Waals surface area contributed by atoms with E-state index in [0.717, 1.165) is 24.7 Å². The van der Waals surface area contributed by atoms with Crippen LogP contribution < -0.4 is 0 Å². The van der Waals surface area contributed by atoms with Gasteiger partial charge < -0.3 is 5.11 Å². The maximum Gasteiger partial charge on any atom is 0.306 e. The summed E-state index contributed by atoms with van der Waals surface area (Å²) < 4.78 is 0. The van der Waals surface area contributed by atoms with Crippen LogP contribution in [0.2, 0.25) is 0 Å². The molecular formula is C22H34O2. The van der Waals surface area contributed by atoms with Crippen LogP contribution in [0.4, 0.5) is 0 Å². The number of aliphatic carboxylic acids is 1. The average Bonchev–Trinajstić information content (AvgIpc) is 2.86. The summed E-state index contributed by atoms with van der Waals surface area (Å²) in [4.78, 5) is 11.9. The molecule has 2 heteroatoms. The minimum absolute atomic E-state index is 0.103. The molecule has 2 nitrogen and oxygen atoms in total. The summed E-state index contributed by atoms with van der Waals surface area (Å²) in [6.07, 6.45) is 13.8. The van der Waals surface area contributed by atoms with E-state index in [1.165, 1.54) is 44.9 Å². The maximum absolute atomic E-state index is 11.9. The Labute approximate surface area is 147 Å². The molecule has 0 aromatic carbocycles. The lowest BCUT2D eigenvalue weighted by molar-refractivity contribution is -0.143. The van der Waals surface area contributed by atoms with E-state index in [1.54, 1.807) is 5.57 Å². The summed E-state index contributed by atoms with van der Waals surface area (Å²) in [5.74, 6) is 1.90. The lowest BCUT2D eigenvalue weighted by Gasteiger charge is -2.57. The molecular weight excluding hydrogens is 296 g/mol. The van der Waals surface area contributed by atoms with Gasteiger partial charge in [0.25, 0.3) is 0 Å². The molecule has 0 heterocycles. The Bertz CT molecular complexity index is 564. The molecule has 0 aliphatic heterocycles. The Morgan fingerprint density at radius 3 is 2.75 bits per heavy atom. The van der Waals surface area contributed by atoms with Crippen LogP contribution in [-0.4, -0.2) is 11.1 Å². The fraction of sp³-hybridized carbons (Fsp3) is 0.864. The lowest BCUT2D eigenvalue weighted by Crippen LogP contribution is -2.49. The third-order valence-corrected chi connectivity index (χ3v) is 9.05. The highest BCUT2D eigenvalue weighted by Crippen LogP contribution is 2.67. The van der Waals surface area contributed by atoms with Gasteiger partial charge in [0.1, 0.15) is 0 Å². The van der Waals surface area contributed by atoms with Gasteiger partial charge in [0, 0.05) is 0 Å². The van der Waals surface area contributed by atoms with E-state index in [1.807, 2.05) is 0 Å². The summed E-state index contributed by atoms with van der Waals surface area (Å²) in [6.45, 7) is 7.19. The Balaban J connectivity index is 1.69. The fourth-order valence-corrected chi connectivity index (χ4v) is 7.87. The molecule has 7 atom stereocenters. The van der Waals surface area contributed by atoms with Gasteiger partial charge in [-0.05, 0) is 79.4 Å². The van der Waals surface area contributed by atoms with Crippen LogP contribution >= 0.6 is 0 Å². The van der Waals surface area contributed by atoms with Crippen molar-refractivity contribution >= 4 is 5.97 Å². The standard InChI is InChI=1S/C22H34O2/c1-4-17-16(20(23)24)13-19-15-9-8-14-7-5-6-11-21(14,2)18(15)10-12-22(17,19)3/h8,15-19H,4-7,9-13H2,1-3H3,(H,23,24)/t15-,16-,17+,18+,19+,21+,22-/m1/s1. The van der Waals surface area contributed by atoms with Crippen molar-refractivity contribution < 1.29 is 9.90 Å². The Hall–Kier alpha value is -0.790. The van der Waals surface area contributed by atoms with Crippen molar-refractivity contribution in [3.05, 3.63) is 11.6 Å². The van der Waals surface area contributed by atoms with Crippen molar-refractivity contribution in [3.63, 3.8) is 0 Å². The maximum atomic E-state index is 11.9. The average molecular weight is 331 g/mol. The molecule has 0 amide bonds. The molecule has 4 aliphatic rings. The van der Waals surface area contributed by atoms with Crippen molar-refractivity contribution in [2.75, 3.05) is 0 Å². The number of rotatable bonds is 2. The van der Waals surface area contributed by atoms with Crippen molar-refractivity contribution in [1.29, 1.82) is 0 Å². The van der Waals surface area contributed by atoms with E-state index in [9.17, 15) is 9.90 Å². The molecule has 0 radical (unpaired) electrons. The first kappa shape index (κ1) is 16.7. The molecule has 24 heavy (non-hydrogen) atoms. The lowest BCUT2D eigenvalue weighted by atomic mass is 9.47. The molecule has 0 spiro atoms. The van der Waals surface area contributed by atoms with E-state index >= 15 is 0 Å². The van der Waals surface area contributed by atoms with Crippen LogP contribution in [0.25, 0.3) is 0 Å². The predicted octanol–water partition coefficient (Wildman–Crippen LogP) is 5.68. The normalized spacial score (nSPS) is 50.5. The predicted molar refractivity (Wildman–Crippen MR) is 96.6 cm³/mol. The molecule has 0 bridgehead atoms. The number of carboxylic acids is 1. The fourth-order valence-electron chi connectivity index (χ4n) is 7.87. The number of carboxylic acid groups (broad SMARTS) is 1. The van der Waals surface area contributed by atoms with Crippen molar-refractivity contribution in [2.45, 2.75) is 78.6 Å². The molecule has 3 saturated carbocycles. The highest BCUT2D eigenvalue weighted by molar-refractivity contribution is 5.71. The topological polar surface area (TPSA) is 37.3 Å². The molecule has 0 unspecified atom stereocenters. The highest BCUT2D eigenvalue weighted by atomic mass is 16.4.